The number of carbonyl (C=O) groups excluding carboxylic acids is 2. The third kappa shape index (κ3) is 4.58. The molecule has 0 radical (unpaired) electrons. The van der Waals surface area contributed by atoms with Gasteiger partial charge in [0.2, 0.25) is 0 Å². The summed E-state index contributed by atoms with van der Waals surface area (Å²) in [5.74, 6) is -0.391. The second kappa shape index (κ2) is 6.86. The number of aryl methyl sites for hydroxylation is 1. The molecule has 0 spiro atoms. The van der Waals surface area contributed by atoms with Gasteiger partial charge in [0.25, 0.3) is 0 Å². The van der Waals surface area contributed by atoms with Crippen molar-refractivity contribution in [3.8, 4) is 0 Å². The normalized spacial score (nSPS) is 14.5. The highest BCUT2D eigenvalue weighted by Crippen LogP contribution is 2.29. The minimum Gasteiger partial charge on any atom is -0.466 e. The van der Waals surface area contributed by atoms with Gasteiger partial charge < -0.3 is 9.47 Å². The number of ether oxygens (including phenoxy) is 2. The van der Waals surface area contributed by atoms with Crippen molar-refractivity contribution in [3.63, 3.8) is 0 Å². The number of carbonyl (C=O) groups is 2. The molecule has 1 aromatic rings. The maximum Gasteiger partial charge on any atom is 0.414 e. The first-order valence-electron chi connectivity index (χ1n) is 7.69. The van der Waals surface area contributed by atoms with E-state index in [2.05, 4.69) is 4.74 Å². The van der Waals surface area contributed by atoms with Gasteiger partial charge in [0.15, 0.2) is 0 Å². The van der Waals surface area contributed by atoms with Crippen LogP contribution in [0.5, 0.6) is 0 Å². The van der Waals surface area contributed by atoms with Gasteiger partial charge in [-0.25, -0.2) is 9.59 Å². The molecular formula is C18H23NO4. The Hall–Kier alpha value is -2.30. The van der Waals surface area contributed by atoms with Crippen molar-refractivity contribution < 1.29 is 19.1 Å². The predicted octanol–water partition coefficient (Wildman–Crippen LogP) is 3.56. The van der Waals surface area contributed by atoms with Gasteiger partial charge >= 0.3 is 12.1 Å². The molecule has 0 saturated carbocycles. The lowest BCUT2D eigenvalue weighted by molar-refractivity contribution is -0.134. The number of nitrogens with zero attached hydrogens (tertiary/aromatic N) is 1. The van der Waals surface area contributed by atoms with Crippen LogP contribution in [0.15, 0.2) is 24.3 Å². The van der Waals surface area contributed by atoms with E-state index >= 15 is 0 Å². The van der Waals surface area contributed by atoms with Crippen molar-refractivity contribution in [2.75, 3.05) is 18.6 Å². The molecule has 5 heteroatoms. The number of rotatable bonds is 2. The molecule has 23 heavy (non-hydrogen) atoms. The number of benzene rings is 1. The molecule has 1 aliphatic heterocycles. The lowest BCUT2D eigenvalue weighted by Gasteiger charge is -2.31. The average molecular weight is 317 g/mol. The van der Waals surface area contributed by atoms with Gasteiger partial charge in [-0.15, -0.1) is 0 Å². The molecule has 1 amide bonds. The van der Waals surface area contributed by atoms with E-state index in [0.717, 1.165) is 29.7 Å². The molecule has 0 atom stereocenters. The van der Waals surface area contributed by atoms with E-state index in [1.807, 2.05) is 39.0 Å². The fourth-order valence-electron chi connectivity index (χ4n) is 2.46. The maximum atomic E-state index is 12.3. The highest BCUT2D eigenvalue weighted by Gasteiger charge is 2.27. The van der Waals surface area contributed by atoms with Crippen LogP contribution in [0.1, 0.15) is 38.3 Å². The van der Waals surface area contributed by atoms with Crippen LogP contribution in [-0.4, -0.2) is 31.3 Å². The van der Waals surface area contributed by atoms with Gasteiger partial charge in [0.05, 0.1) is 12.8 Å². The Bertz CT molecular complexity index is 628. The highest BCUT2D eigenvalue weighted by molar-refractivity contribution is 5.90. The van der Waals surface area contributed by atoms with Gasteiger partial charge in [0, 0.05) is 12.6 Å². The van der Waals surface area contributed by atoms with E-state index < -0.39 is 11.6 Å². The van der Waals surface area contributed by atoms with Crippen molar-refractivity contribution in [3.05, 3.63) is 35.4 Å². The minimum absolute atomic E-state index is 0.323. The summed E-state index contributed by atoms with van der Waals surface area (Å²) in [6, 6.07) is 5.77. The standard InChI is InChI=1S/C18H23NO4/c1-18(2,3)23-17(21)19-11-5-6-14-12-13(7-9-15(14)19)8-10-16(20)22-4/h7-10,12H,5-6,11H2,1-4H3. The fraction of sp³-hybridized carbons (Fsp3) is 0.444. The number of hydrogen-bond donors (Lipinski definition) is 0. The zero-order valence-electron chi connectivity index (χ0n) is 14.1. The summed E-state index contributed by atoms with van der Waals surface area (Å²) in [5.41, 5.74) is 2.34. The quantitative estimate of drug-likeness (QED) is 0.618. The lowest BCUT2D eigenvalue weighted by atomic mass is 9.99. The monoisotopic (exact) mass is 317 g/mol. The van der Waals surface area contributed by atoms with E-state index in [1.54, 1.807) is 11.0 Å². The summed E-state index contributed by atoms with van der Waals surface area (Å²) in [7, 11) is 1.35. The number of fused-ring (bicyclic) bond motifs is 1. The topological polar surface area (TPSA) is 55.8 Å². The third-order valence-corrected chi connectivity index (χ3v) is 3.45. The summed E-state index contributed by atoms with van der Waals surface area (Å²) in [6.07, 6.45) is 4.55. The van der Waals surface area contributed by atoms with E-state index in [-0.39, 0.29) is 6.09 Å². The Morgan fingerprint density at radius 3 is 2.65 bits per heavy atom. The first kappa shape index (κ1) is 17.1. The molecule has 0 saturated heterocycles. The van der Waals surface area contributed by atoms with Gasteiger partial charge in [-0.2, -0.15) is 0 Å². The molecule has 1 aliphatic rings. The van der Waals surface area contributed by atoms with Crippen LogP contribution >= 0.6 is 0 Å². The first-order chi connectivity index (χ1) is 10.8. The van der Waals surface area contributed by atoms with Crippen molar-refractivity contribution in [2.45, 2.75) is 39.2 Å². The van der Waals surface area contributed by atoms with Crippen molar-refractivity contribution in [1.29, 1.82) is 0 Å². The number of amides is 1. The SMILES string of the molecule is COC(=O)C=Cc1ccc2c(c1)CCCN2C(=O)OC(C)(C)C. The largest absolute Gasteiger partial charge is 0.466 e. The van der Waals surface area contributed by atoms with Gasteiger partial charge in [-0.05, 0) is 62.9 Å². The second-order valence-corrected chi connectivity index (χ2v) is 6.48. The summed E-state index contributed by atoms with van der Waals surface area (Å²) in [5, 5.41) is 0. The molecule has 2 rings (SSSR count). The average Bonchev–Trinajstić information content (AvgIpc) is 2.49. The number of methoxy groups -OCH3 is 1. The molecule has 0 aliphatic carbocycles. The predicted molar refractivity (Wildman–Crippen MR) is 89.4 cm³/mol. The van der Waals surface area contributed by atoms with Gasteiger partial charge in [-0.3, -0.25) is 4.90 Å². The van der Waals surface area contributed by atoms with Crippen LogP contribution in [0.2, 0.25) is 0 Å². The van der Waals surface area contributed by atoms with Crippen molar-refractivity contribution in [1.82, 2.24) is 0 Å². The van der Waals surface area contributed by atoms with Gasteiger partial charge in [-0.1, -0.05) is 6.07 Å². The minimum atomic E-state index is -0.516. The molecule has 0 unspecified atom stereocenters. The molecule has 0 N–H and O–H groups in total. The molecule has 1 aromatic carbocycles. The molecule has 0 aromatic heterocycles. The maximum absolute atomic E-state index is 12.3. The number of anilines is 1. The van der Waals surface area contributed by atoms with Crippen LogP contribution in [0.25, 0.3) is 6.08 Å². The molecule has 124 valence electrons. The first-order valence-corrected chi connectivity index (χ1v) is 7.69. The van der Waals surface area contributed by atoms with E-state index in [9.17, 15) is 9.59 Å². The smallest absolute Gasteiger partial charge is 0.414 e. The van der Waals surface area contributed by atoms with Gasteiger partial charge in [0.1, 0.15) is 5.60 Å². The fourth-order valence-corrected chi connectivity index (χ4v) is 2.46. The van der Waals surface area contributed by atoms with Crippen LogP contribution < -0.4 is 4.90 Å². The molecular weight excluding hydrogens is 294 g/mol. The van der Waals surface area contributed by atoms with Crippen LogP contribution in [0.4, 0.5) is 10.5 Å². The lowest BCUT2D eigenvalue weighted by Crippen LogP contribution is -2.39. The van der Waals surface area contributed by atoms with E-state index in [1.165, 1.54) is 13.2 Å². The summed E-state index contributed by atoms with van der Waals surface area (Å²) in [4.78, 5) is 25.2. The third-order valence-electron chi connectivity index (χ3n) is 3.45. The zero-order valence-corrected chi connectivity index (χ0v) is 14.1. The Labute approximate surface area is 136 Å². The Balaban J connectivity index is 2.21. The molecule has 5 nitrogen and oxygen atoms in total. The Morgan fingerprint density at radius 2 is 2.00 bits per heavy atom. The van der Waals surface area contributed by atoms with Crippen molar-refractivity contribution >= 4 is 23.8 Å². The summed E-state index contributed by atoms with van der Waals surface area (Å²) < 4.78 is 10.1. The van der Waals surface area contributed by atoms with Crippen LogP contribution in [-0.2, 0) is 20.7 Å². The van der Waals surface area contributed by atoms with E-state index in [4.69, 9.17) is 4.74 Å². The molecule has 0 bridgehead atoms. The Morgan fingerprint density at radius 1 is 1.26 bits per heavy atom. The Kier molecular flexibility index (Phi) is 5.08. The van der Waals surface area contributed by atoms with Crippen molar-refractivity contribution in [2.24, 2.45) is 0 Å². The zero-order chi connectivity index (χ0) is 17.0. The molecule has 1 heterocycles. The highest BCUT2D eigenvalue weighted by atomic mass is 16.6. The van der Waals surface area contributed by atoms with Crippen LogP contribution in [0.3, 0.4) is 0 Å². The van der Waals surface area contributed by atoms with E-state index in [0.29, 0.717) is 6.54 Å². The number of esters is 1. The van der Waals surface area contributed by atoms with Crippen LogP contribution in [0, 0.1) is 0 Å². The summed E-state index contributed by atoms with van der Waals surface area (Å²) in [6.45, 7) is 6.22. The second-order valence-electron chi connectivity index (χ2n) is 6.48. The summed E-state index contributed by atoms with van der Waals surface area (Å²) >= 11 is 0. The number of hydrogen-bond acceptors (Lipinski definition) is 4. The molecule has 0 fully saturated rings.